The van der Waals surface area contributed by atoms with Crippen molar-refractivity contribution in [3.05, 3.63) is 20.8 Å². The molecule has 0 bridgehead atoms. The molecule has 2 aliphatic heterocycles. The molecule has 2 saturated heterocycles. The molecule has 1 N–H and O–H groups in total. The van der Waals surface area contributed by atoms with E-state index in [0.717, 1.165) is 36.5 Å². The van der Waals surface area contributed by atoms with Gasteiger partial charge in [-0.25, -0.2) is 4.79 Å². The van der Waals surface area contributed by atoms with Crippen molar-refractivity contribution in [2.24, 2.45) is 0 Å². The first kappa shape index (κ1) is 11.5. The standard InChI is InChI=1S/C11H14BrN3OS/c12-10-2-1-9(17-10)7-14-6-8-5-13-3-4-15(8)11(14)16/h1-2,8,13H,3-7H2. The molecule has 0 spiro atoms. The maximum absolute atomic E-state index is 12.2. The van der Waals surface area contributed by atoms with E-state index in [2.05, 4.69) is 27.3 Å². The summed E-state index contributed by atoms with van der Waals surface area (Å²) >= 11 is 5.15. The predicted octanol–water partition coefficient (Wildman–Crippen LogP) is 1.72. The van der Waals surface area contributed by atoms with Gasteiger partial charge in [0, 0.05) is 31.1 Å². The van der Waals surface area contributed by atoms with Crippen molar-refractivity contribution in [1.82, 2.24) is 15.1 Å². The van der Waals surface area contributed by atoms with E-state index >= 15 is 0 Å². The number of amides is 2. The van der Waals surface area contributed by atoms with E-state index in [0.29, 0.717) is 6.04 Å². The van der Waals surface area contributed by atoms with Gasteiger partial charge in [-0.15, -0.1) is 11.3 Å². The van der Waals surface area contributed by atoms with Gasteiger partial charge in [0.25, 0.3) is 0 Å². The van der Waals surface area contributed by atoms with Crippen LogP contribution in [0.3, 0.4) is 0 Å². The summed E-state index contributed by atoms with van der Waals surface area (Å²) in [6.45, 7) is 4.27. The number of halogens is 1. The van der Waals surface area contributed by atoms with Crippen molar-refractivity contribution in [3.63, 3.8) is 0 Å². The molecular weight excluding hydrogens is 302 g/mol. The quantitative estimate of drug-likeness (QED) is 0.902. The lowest BCUT2D eigenvalue weighted by Crippen LogP contribution is -2.49. The number of urea groups is 1. The van der Waals surface area contributed by atoms with Gasteiger partial charge < -0.3 is 15.1 Å². The van der Waals surface area contributed by atoms with Gasteiger partial charge >= 0.3 is 6.03 Å². The second-order valence-corrected chi connectivity index (χ2v) is 6.97. The van der Waals surface area contributed by atoms with Gasteiger partial charge in [-0.3, -0.25) is 0 Å². The molecule has 92 valence electrons. The van der Waals surface area contributed by atoms with E-state index in [1.165, 1.54) is 4.88 Å². The van der Waals surface area contributed by atoms with Crippen molar-refractivity contribution >= 4 is 33.3 Å². The Morgan fingerprint density at radius 2 is 2.41 bits per heavy atom. The normalized spacial score (nSPS) is 24.3. The molecule has 17 heavy (non-hydrogen) atoms. The second-order valence-electron chi connectivity index (χ2n) is 4.42. The van der Waals surface area contributed by atoms with Crippen molar-refractivity contribution < 1.29 is 4.79 Å². The largest absolute Gasteiger partial charge is 0.320 e. The van der Waals surface area contributed by atoms with Crippen LogP contribution in [0.2, 0.25) is 0 Å². The molecule has 0 saturated carbocycles. The molecule has 1 aromatic heterocycles. The highest BCUT2D eigenvalue weighted by Crippen LogP contribution is 2.26. The minimum absolute atomic E-state index is 0.195. The van der Waals surface area contributed by atoms with Gasteiger partial charge in [-0.2, -0.15) is 0 Å². The van der Waals surface area contributed by atoms with Crippen molar-refractivity contribution in [1.29, 1.82) is 0 Å². The molecule has 1 atom stereocenters. The smallest absolute Gasteiger partial charge is 0.317 e. The first-order valence-electron chi connectivity index (χ1n) is 5.74. The van der Waals surface area contributed by atoms with Gasteiger partial charge in [-0.05, 0) is 28.1 Å². The summed E-state index contributed by atoms with van der Waals surface area (Å²) in [5.74, 6) is 0. The lowest BCUT2D eigenvalue weighted by molar-refractivity contribution is 0.178. The van der Waals surface area contributed by atoms with Gasteiger partial charge in [0.05, 0.1) is 16.4 Å². The third-order valence-corrected chi connectivity index (χ3v) is 4.88. The average molecular weight is 316 g/mol. The number of fused-ring (bicyclic) bond motifs is 1. The van der Waals surface area contributed by atoms with Crippen LogP contribution in [-0.2, 0) is 6.54 Å². The zero-order chi connectivity index (χ0) is 11.8. The highest BCUT2D eigenvalue weighted by Gasteiger charge is 2.38. The number of nitrogens with zero attached hydrogens (tertiary/aromatic N) is 2. The molecular formula is C11H14BrN3OS. The van der Waals surface area contributed by atoms with Crippen LogP contribution < -0.4 is 5.32 Å². The van der Waals surface area contributed by atoms with Crippen LogP contribution in [0.25, 0.3) is 0 Å². The van der Waals surface area contributed by atoms with E-state index < -0.39 is 0 Å². The van der Waals surface area contributed by atoms with Crippen LogP contribution in [-0.4, -0.2) is 48.1 Å². The monoisotopic (exact) mass is 315 g/mol. The number of hydrogen-bond acceptors (Lipinski definition) is 3. The lowest BCUT2D eigenvalue weighted by Gasteiger charge is -2.28. The molecule has 0 radical (unpaired) electrons. The van der Waals surface area contributed by atoms with E-state index in [1.807, 2.05) is 15.9 Å². The van der Waals surface area contributed by atoms with Crippen LogP contribution >= 0.6 is 27.3 Å². The molecule has 1 unspecified atom stereocenters. The van der Waals surface area contributed by atoms with Crippen LogP contribution in [0.5, 0.6) is 0 Å². The number of carbonyl (C=O) groups excluding carboxylic acids is 1. The van der Waals surface area contributed by atoms with Gasteiger partial charge in [0.1, 0.15) is 0 Å². The lowest BCUT2D eigenvalue weighted by atomic mass is 10.2. The zero-order valence-corrected chi connectivity index (χ0v) is 11.8. The summed E-state index contributed by atoms with van der Waals surface area (Å²) in [5.41, 5.74) is 0. The molecule has 0 aromatic carbocycles. The van der Waals surface area contributed by atoms with Crippen LogP contribution in [0.15, 0.2) is 15.9 Å². The first-order chi connectivity index (χ1) is 8.24. The molecule has 6 heteroatoms. The number of hydrogen-bond donors (Lipinski definition) is 1. The molecule has 4 nitrogen and oxygen atoms in total. The molecule has 0 aliphatic carbocycles. The Morgan fingerprint density at radius 3 is 3.12 bits per heavy atom. The number of piperazine rings is 1. The van der Waals surface area contributed by atoms with Gasteiger partial charge in [0.15, 0.2) is 0 Å². The minimum Gasteiger partial charge on any atom is -0.317 e. The topological polar surface area (TPSA) is 35.6 Å². The van der Waals surface area contributed by atoms with Gasteiger partial charge in [0.2, 0.25) is 0 Å². The summed E-state index contributed by atoms with van der Waals surface area (Å²) in [4.78, 5) is 17.4. The van der Waals surface area contributed by atoms with Crippen LogP contribution in [0, 0.1) is 0 Å². The Labute approximate surface area is 113 Å². The second kappa shape index (κ2) is 4.59. The fourth-order valence-corrected chi connectivity index (χ4v) is 3.95. The molecule has 3 heterocycles. The van der Waals surface area contributed by atoms with E-state index in [1.54, 1.807) is 11.3 Å². The maximum atomic E-state index is 12.2. The van der Waals surface area contributed by atoms with E-state index in [-0.39, 0.29) is 6.03 Å². The Bertz CT molecular complexity index is 436. The third kappa shape index (κ3) is 2.21. The molecule has 3 rings (SSSR count). The minimum atomic E-state index is 0.195. The van der Waals surface area contributed by atoms with Crippen LogP contribution in [0.4, 0.5) is 4.79 Å². The van der Waals surface area contributed by atoms with E-state index in [4.69, 9.17) is 0 Å². The Kier molecular flexibility index (Phi) is 3.10. The summed E-state index contributed by atoms with van der Waals surface area (Å²) in [7, 11) is 0. The van der Waals surface area contributed by atoms with E-state index in [9.17, 15) is 4.79 Å². The highest BCUT2D eigenvalue weighted by molar-refractivity contribution is 9.11. The van der Waals surface area contributed by atoms with Crippen LogP contribution in [0.1, 0.15) is 4.88 Å². The average Bonchev–Trinajstić information content (AvgIpc) is 2.86. The fourth-order valence-electron chi connectivity index (χ4n) is 2.45. The van der Waals surface area contributed by atoms with Gasteiger partial charge in [-0.1, -0.05) is 0 Å². The maximum Gasteiger partial charge on any atom is 0.320 e. The number of carbonyl (C=O) groups is 1. The summed E-state index contributed by atoms with van der Waals surface area (Å²) in [6, 6.07) is 4.67. The third-order valence-electron chi connectivity index (χ3n) is 3.27. The number of nitrogens with one attached hydrogen (secondary N) is 1. The summed E-state index contributed by atoms with van der Waals surface area (Å²) in [6.07, 6.45) is 0. The number of rotatable bonds is 2. The Morgan fingerprint density at radius 1 is 1.53 bits per heavy atom. The highest BCUT2D eigenvalue weighted by atomic mass is 79.9. The van der Waals surface area contributed by atoms with Crippen molar-refractivity contribution in [2.75, 3.05) is 26.2 Å². The first-order valence-corrected chi connectivity index (χ1v) is 7.35. The Hall–Kier alpha value is -0.590. The molecule has 1 aromatic rings. The molecule has 2 amide bonds. The van der Waals surface area contributed by atoms with Crippen molar-refractivity contribution in [3.8, 4) is 0 Å². The fraction of sp³-hybridized carbons (Fsp3) is 0.545. The molecule has 2 fully saturated rings. The Balaban J connectivity index is 1.70. The van der Waals surface area contributed by atoms with Crippen molar-refractivity contribution in [2.45, 2.75) is 12.6 Å². The SMILES string of the molecule is O=C1N(Cc2ccc(Br)s2)CC2CNCCN12. The summed E-state index contributed by atoms with van der Waals surface area (Å²) in [5, 5.41) is 3.34. The zero-order valence-electron chi connectivity index (χ0n) is 9.36. The molecule has 2 aliphatic rings. The summed E-state index contributed by atoms with van der Waals surface area (Å²) < 4.78 is 1.12. The number of thiophene rings is 1. The predicted molar refractivity (Wildman–Crippen MR) is 71.2 cm³/mol.